The Kier molecular flexibility index (Phi) is 4.65. The number of carbonyl (C=O) groups excluding carboxylic acids is 1. The van der Waals surface area contributed by atoms with E-state index in [1.54, 1.807) is 24.3 Å². The zero-order valence-corrected chi connectivity index (χ0v) is 12.1. The van der Waals surface area contributed by atoms with Crippen molar-refractivity contribution >= 4 is 23.5 Å². The molecule has 120 valence electrons. The molecule has 0 radical (unpaired) electrons. The fraction of sp³-hybridized carbons (Fsp3) is 0.429. The van der Waals surface area contributed by atoms with Crippen LogP contribution in [0.15, 0.2) is 24.3 Å². The molecule has 1 aliphatic rings. The molecular weight excluding hydrogens is 323 g/mol. The van der Waals surface area contributed by atoms with Crippen LogP contribution in [0.2, 0.25) is 5.02 Å². The topological polar surface area (TPSA) is 57.6 Å². The molecule has 0 spiro atoms. The SMILES string of the molecule is O=C(O)[C@@H]1CN(C(=O)Cc2cccc(Cl)c2)C[C@H]1C(F)(F)F. The molecule has 0 saturated carbocycles. The average Bonchev–Trinajstić information content (AvgIpc) is 2.83. The van der Waals surface area contributed by atoms with Gasteiger partial charge in [0.25, 0.3) is 0 Å². The van der Waals surface area contributed by atoms with Crippen LogP contribution in [0.1, 0.15) is 5.56 Å². The maximum Gasteiger partial charge on any atom is 0.394 e. The van der Waals surface area contributed by atoms with Crippen LogP contribution in [0.4, 0.5) is 13.2 Å². The Morgan fingerprint density at radius 1 is 1.32 bits per heavy atom. The molecule has 1 fully saturated rings. The number of amides is 1. The van der Waals surface area contributed by atoms with Crippen LogP contribution in [0.25, 0.3) is 0 Å². The van der Waals surface area contributed by atoms with Gasteiger partial charge in [-0.3, -0.25) is 9.59 Å². The van der Waals surface area contributed by atoms with Crippen molar-refractivity contribution in [1.29, 1.82) is 0 Å². The smallest absolute Gasteiger partial charge is 0.394 e. The molecule has 22 heavy (non-hydrogen) atoms. The summed E-state index contributed by atoms with van der Waals surface area (Å²) in [6.45, 7) is -1.06. The molecule has 1 aromatic carbocycles. The fourth-order valence-electron chi connectivity index (χ4n) is 2.52. The summed E-state index contributed by atoms with van der Waals surface area (Å²) in [4.78, 5) is 24.0. The molecule has 2 rings (SSSR count). The summed E-state index contributed by atoms with van der Waals surface area (Å²) in [5, 5.41) is 9.34. The predicted octanol–water partition coefficient (Wildman–Crippen LogP) is 2.60. The minimum Gasteiger partial charge on any atom is -0.481 e. The van der Waals surface area contributed by atoms with E-state index in [9.17, 15) is 22.8 Å². The number of carboxylic acid groups (broad SMARTS) is 1. The molecule has 1 amide bonds. The zero-order chi connectivity index (χ0) is 16.5. The van der Waals surface area contributed by atoms with Gasteiger partial charge >= 0.3 is 12.1 Å². The Morgan fingerprint density at radius 3 is 2.50 bits per heavy atom. The predicted molar refractivity (Wildman–Crippen MR) is 72.4 cm³/mol. The summed E-state index contributed by atoms with van der Waals surface area (Å²) in [7, 11) is 0. The summed E-state index contributed by atoms with van der Waals surface area (Å²) >= 11 is 5.78. The fourth-order valence-corrected chi connectivity index (χ4v) is 2.74. The van der Waals surface area contributed by atoms with Gasteiger partial charge in [0.1, 0.15) is 0 Å². The van der Waals surface area contributed by atoms with Gasteiger partial charge in [-0.2, -0.15) is 13.2 Å². The van der Waals surface area contributed by atoms with E-state index in [4.69, 9.17) is 16.7 Å². The Morgan fingerprint density at radius 2 is 2.00 bits per heavy atom. The van der Waals surface area contributed by atoms with Crippen molar-refractivity contribution in [3.05, 3.63) is 34.9 Å². The van der Waals surface area contributed by atoms with Gasteiger partial charge in [-0.1, -0.05) is 23.7 Å². The van der Waals surface area contributed by atoms with Gasteiger partial charge in [-0.15, -0.1) is 0 Å². The first-order valence-electron chi connectivity index (χ1n) is 6.50. The number of hydrogen-bond acceptors (Lipinski definition) is 2. The minimum absolute atomic E-state index is 0.114. The quantitative estimate of drug-likeness (QED) is 0.923. The van der Waals surface area contributed by atoms with Crippen molar-refractivity contribution in [2.24, 2.45) is 11.8 Å². The summed E-state index contributed by atoms with van der Waals surface area (Å²) in [5.41, 5.74) is 0.569. The molecule has 1 aliphatic heterocycles. The molecule has 2 atom stereocenters. The highest BCUT2D eigenvalue weighted by atomic mass is 35.5. The number of rotatable bonds is 3. The summed E-state index contributed by atoms with van der Waals surface area (Å²) in [6, 6.07) is 6.43. The van der Waals surface area contributed by atoms with E-state index < -0.39 is 43.0 Å². The second-order valence-electron chi connectivity index (χ2n) is 5.20. The van der Waals surface area contributed by atoms with E-state index in [1.807, 2.05) is 0 Å². The lowest BCUT2D eigenvalue weighted by Gasteiger charge is -2.18. The first kappa shape index (κ1) is 16.6. The molecule has 8 heteroatoms. The number of nitrogens with zero attached hydrogens (tertiary/aromatic N) is 1. The van der Waals surface area contributed by atoms with E-state index in [2.05, 4.69) is 0 Å². The van der Waals surface area contributed by atoms with Gasteiger partial charge in [0.15, 0.2) is 0 Å². The van der Waals surface area contributed by atoms with Gasteiger partial charge < -0.3 is 10.0 Å². The molecule has 0 bridgehead atoms. The highest BCUT2D eigenvalue weighted by Gasteiger charge is 2.53. The number of alkyl halides is 3. The normalized spacial score (nSPS) is 21.9. The summed E-state index contributed by atoms with van der Waals surface area (Å²) in [6.07, 6.45) is -4.76. The Hall–Kier alpha value is -1.76. The molecule has 1 saturated heterocycles. The van der Waals surface area contributed by atoms with Gasteiger partial charge in [0.05, 0.1) is 18.3 Å². The minimum atomic E-state index is -4.64. The zero-order valence-electron chi connectivity index (χ0n) is 11.3. The van der Waals surface area contributed by atoms with Crippen LogP contribution >= 0.6 is 11.6 Å². The van der Waals surface area contributed by atoms with Gasteiger partial charge in [0.2, 0.25) is 5.91 Å². The molecule has 1 aromatic rings. The van der Waals surface area contributed by atoms with E-state index in [1.165, 1.54) is 0 Å². The van der Waals surface area contributed by atoms with Gasteiger partial charge in [-0.05, 0) is 17.7 Å². The second-order valence-corrected chi connectivity index (χ2v) is 5.63. The largest absolute Gasteiger partial charge is 0.481 e. The van der Waals surface area contributed by atoms with E-state index >= 15 is 0 Å². The van der Waals surface area contributed by atoms with Crippen LogP contribution in [0.3, 0.4) is 0 Å². The van der Waals surface area contributed by atoms with E-state index in [-0.39, 0.29) is 6.42 Å². The number of carboxylic acids is 1. The molecule has 1 N–H and O–H groups in total. The molecule has 4 nitrogen and oxygen atoms in total. The van der Waals surface area contributed by atoms with Crippen LogP contribution in [0, 0.1) is 11.8 Å². The number of aliphatic carboxylic acids is 1. The summed E-state index contributed by atoms with van der Waals surface area (Å²) < 4.78 is 38.6. The Bertz CT molecular complexity index is 591. The standard InChI is InChI=1S/C14H13ClF3NO3/c15-9-3-1-2-8(4-9)5-12(20)19-6-10(13(21)22)11(7-19)14(16,17)18/h1-4,10-11H,5-7H2,(H,21,22)/t10-,11-/m1/s1. The molecule has 0 unspecified atom stereocenters. The van der Waals surface area contributed by atoms with Crippen molar-refractivity contribution < 1.29 is 27.9 Å². The number of benzene rings is 1. The highest BCUT2D eigenvalue weighted by molar-refractivity contribution is 6.30. The number of hydrogen-bond donors (Lipinski definition) is 1. The lowest BCUT2D eigenvalue weighted by atomic mass is 9.96. The average molecular weight is 336 g/mol. The summed E-state index contributed by atoms with van der Waals surface area (Å²) in [5.74, 6) is -5.74. The van der Waals surface area contributed by atoms with E-state index in [0.29, 0.717) is 10.6 Å². The Labute approximate surface area is 129 Å². The molecule has 0 aromatic heterocycles. The lowest BCUT2D eigenvalue weighted by Crippen LogP contribution is -2.34. The highest BCUT2D eigenvalue weighted by Crippen LogP contribution is 2.37. The van der Waals surface area contributed by atoms with Crippen LogP contribution < -0.4 is 0 Å². The molecule has 0 aliphatic carbocycles. The van der Waals surface area contributed by atoms with Crippen LogP contribution in [-0.4, -0.2) is 41.1 Å². The van der Waals surface area contributed by atoms with Crippen molar-refractivity contribution in [2.45, 2.75) is 12.6 Å². The van der Waals surface area contributed by atoms with Gasteiger partial charge in [-0.25, -0.2) is 0 Å². The van der Waals surface area contributed by atoms with Crippen molar-refractivity contribution in [3.63, 3.8) is 0 Å². The second kappa shape index (κ2) is 6.16. The van der Waals surface area contributed by atoms with Crippen molar-refractivity contribution in [2.75, 3.05) is 13.1 Å². The third-order valence-electron chi connectivity index (χ3n) is 3.65. The monoisotopic (exact) mass is 335 g/mol. The lowest BCUT2D eigenvalue weighted by molar-refractivity contribution is -0.188. The Balaban J connectivity index is 2.10. The third-order valence-corrected chi connectivity index (χ3v) is 3.89. The first-order valence-corrected chi connectivity index (χ1v) is 6.88. The maximum atomic E-state index is 12.9. The maximum absolute atomic E-state index is 12.9. The molecule has 1 heterocycles. The third kappa shape index (κ3) is 3.71. The van der Waals surface area contributed by atoms with E-state index in [0.717, 1.165) is 4.90 Å². The molecular formula is C14H13ClF3NO3. The first-order chi connectivity index (χ1) is 10.2. The van der Waals surface area contributed by atoms with Crippen molar-refractivity contribution in [1.82, 2.24) is 4.90 Å². The van der Waals surface area contributed by atoms with Crippen molar-refractivity contribution in [3.8, 4) is 0 Å². The number of likely N-dealkylation sites (tertiary alicyclic amines) is 1. The van der Waals surface area contributed by atoms with Crippen LogP contribution in [-0.2, 0) is 16.0 Å². The van der Waals surface area contributed by atoms with Crippen LogP contribution in [0.5, 0.6) is 0 Å². The number of halogens is 4. The van der Waals surface area contributed by atoms with Gasteiger partial charge in [0, 0.05) is 18.1 Å². The number of carbonyl (C=O) groups is 2.